The van der Waals surface area contributed by atoms with Crippen LogP contribution < -0.4 is 5.73 Å². The molecular formula is C24H30F6N6O6S2. The predicted octanol–water partition coefficient (Wildman–Crippen LogP) is 2.77. The summed E-state index contributed by atoms with van der Waals surface area (Å²) in [7, 11) is -4.42. The molecule has 0 aromatic heterocycles. The monoisotopic (exact) mass is 676 g/mol. The summed E-state index contributed by atoms with van der Waals surface area (Å²) in [6.07, 6.45) is -9.34. The molecule has 0 aliphatic carbocycles. The smallest absolute Gasteiger partial charge is 0.398 e. The number of nitrogens with two attached hydrogens (primary N) is 1. The van der Waals surface area contributed by atoms with E-state index in [1.54, 1.807) is 7.05 Å². The third kappa shape index (κ3) is 8.16. The maximum absolute atomic E-state index is 12.7. The van der Waals surface area contributed by atoms with Crippen LogP contribution in [0, 0.1) is 10.1 Å². The van der Waals surface area contributed by atoms with Crippen molar-refractivity contribution in [3.8, 4) is 0 Å². The number of anilines is 1. The van der Waals surface area contributed by atoms with Crippen LogP contribution in [-0.2, 0) is 32.4 Å². The van der Waals surface area contributed by atoms with Gasteiger partial charge in [-0.15, -0.1) is 0 Å². The Balaban J connectivity index is 0.000000241. The third-order valence-electron chi connectivity index (χ3n) is 6.98. The quantitative estimate of drug-likeness (QED) is 0.218. The van der Waals surface area contributed by atoms with Crippen molar-refractivity contribution in [1.82, 2.24) is 18.4 Å². The zero-order valence-electron chi connectivity index (χ0n) is 23.5. The minimum absolute atomic E-state index is 0.122. The molecule has 0 bridgehead atoms. The minimum Gasteiger partial charge on any atom is -0.398 e. The topological polar surface area (TPSA) is 150 Å². The van der Waals surface area contributed by atoms with Gasteiger partial charge in [0.25, 0.3) is 5.69 Å². The Morgan fingerprint density at radius 2 is 1.05 bits per heavy atom. The van der Waals surface area contributed by atoms with E-state index >= 15 is 0 Å². The van der Waals surface area contributed by atoms with Crippen LogP contribution >= 0.6 is 0 Å². The molecule has 2 heterocycles. The van der Waals surface area contributed by atoms with E-state index in [1.165, 1.54) is 4.31 Å². The second-order valence-electron chi connectivity index (χ2n) is 10.1. The molecule has 0 unspecified atom stereocenters. The number of halogens is 6. The molecule has 20 heteroatoms. The Hall–Kier alpha value is -3.04. The first-order chi connectivity index (χ1) is 20.2. The molecule has 0 radical (unpaired) electrons. The summed E-state index contributed by atoms with van der Waals surface area (Å²) in [6.45, 7) is 2.84. The number of nitro benzene ring substituents is 1. The highest BCUT2D eigenvalue weighted by molar-refractivity contribution is 7.89. The number of sulfonamides is 2. The van der Waals surface area contributed by atoms with Crippen molar-refractivity contribution >= 4 is 31.4 Å². The Bertz CT molecular complexity index is 1570. The van der Waals surface area contributed by atoms with Crippen LogP contribution in [0.1, 0.15) is 11.1 Å². The van der Waals surface area contributed by atoms with Crippen molar-refractivity contribution < 1.29 is 48.1 Å². The maximum Gasteiger partial charge on any atom is 0.416 e. The van der Waals surface area contributed by atoms with Crippen LogP contribution in [0.3, 0.4) is 0 Å². The molecule has 0 saturated carbocycles. The fourth-order valence-electron chi connectivity index (χ4n) is 4.35. The fraction of sp³-hybridized carbons (Fsp3) is 0.500. The summed E-state index contributed by atoms with van der Waals surface area (Å²) in [5, 5.41) is 11.0. The summed E-state index contributed by atoms with van der Waals surface area (Å²) in [5.41, 5.74) is 1.84. The van der Waals surface area contributed by atoms with Gasteiger partial charge in [0, 0.05) is 58.4 Å². The van der Waals surface area contributed by atoms with E-state index in [4.69, 9.17) is 5.73 Å². The van der Waals surface area contributed by atoms with E-state index in [9.17, 15) is 53.3 Å². The molecule has 12 nitrogen and oxygen atoms in total. The molecule has 0 amide bonds. The molecule has 2 aromatic rings. The Labute approximate surface area is 249 Å². The van der Waals surface area contributed by atoms with Gasteiger partial charge in [-0.05, 0) is 44.4 Å². The molecule has 44 heavy (non-hydrogen) atoms. The van der Waals surface area contributed by atoms with Gasteiger partial charge >= 0.3 is 12.4 Å². The van der Waals surface area contributed by atoms with Gasteiger partial charge in [0.2, 0.25) is 20.0 Å². The number of hydrogen-bond donors (Lipinski definition) is 1. The van der Waals surface area contributed by atoms with Gasteiger partial charge in [0.05, 0.1) is 21.7 Å². The zero-order valence-corrected chi connectivity index (χ0v) is 25.1. The molecular weight excluding hydrogens is 646 g/mol. The van der Waals surface area contributed by atoms with Crippen molar-refractivity contribution in [2.75, 3.05) is 72.2 Å². The maximum atomic E-state index is 12.7. The average molecular weight is 677 g/mol. The summed E-state index contributed by atoms with van der Waals surface area (Å²) < 4.78 is 128. The van der Waals surface area contributed by atoms with Crippen LogP contribution in [-0.4, -0.2) is 107 Å². The number of piperazine rings is 2. The molecule has 0 atom stereocenters. The molecule has 2 saturated heterocycles. The number of hydrogen-bond acceptors (Lipinski definition) is 9. The standard InChI is InChI=1S/C12H14F3N3O4S.C12H16F3N3O2S/c1-16-4-6-17(7-5-16)23(21,22)11-3-2-9(12(13,14)15)8-10(11)18(19)20;1-17-4-6-18(7-5-17)21(19,20)11-3-2-9(8-10(11)16)12(13,14)15/h2-3,8H,4-7H2,1H3;2-3,8H,4-7,16H2,1H3. The molecule has 2 aliphatic rings. The first kappa shape index (κ1) is 35.4. The van der Waals surface area contributed by atoms with Gasteiger partial charge in [0.15, 0.2) is 4.90 Å². The number of nitro groups is 1. The van der Waals surface area contributed by atoms with Crippen molar-refractivity contribution in [2.24, 2.45) is 0 Å². The van der Waals surface area contributed by atoms with Gasteiger partial charge in [-0.2, -0.15) is 35.0 Å². The summed E-state index contributed by atoms with van der Waals surface area (Å²) >= 11 is 0. The van der Waals surface area contributed by atoms with Gasteiger partial charge in [-0.3, -0.25) is 10.1 Å². The SMILES string of the molecule is CN1CCN(S(=O)(=O)c2ccc(C(F)(F)F)cc2N)CC1.CN1CCN(S(=O)(=O)c2ccc(C(F)(F)F)cc2[N+](=O)[O-])CC1. The van der Waals surface area contributed by atoms with Crippen molar-refractivity contribution in [1.29, 1.82) is 0 Å². The van der Waals surface area contributed by atoms with E-state index in [1.807, 2.05) is 16.8 Å². The highest BCUT2D eigenvalue weighted by Gasteiger charge is 2.38. The summed E-state index contributed by atoms with van der Waals surface area (Å²) in [6, 6.07) is 3.75. The van der Waals surface area contributed by atoms with E-state index < -0.39 is 59.0 Å². The lowest BCUT2D eigenvalue weighted by Gasteiger charge is -2.31. The lowest BCUT2D eigenvalue weighted by Crippen LogP contribution is -2.47. The van der Waals surface area contributed by atoms with E-state index in [0.29, 0.717) is 57.5 Å². The van der Waals surface area contributed by atoms with Crippen LogP contribution in [0.2, 0.25) is 0 Å². The van der Waals surface area contributed by atoms with Gasteiger partial charge < -0.3 is 15.5 Å². The van der Waals surface area contributed by atoms with Crippen molar-refractivity contribution in [3.63, 3.8) is 0 Å². The van der Waals surface area contributed by atoms with E-state index in [0.717, 1.165) is 16.4 Å². The van der Waals surface area contributed by atoms with Crippen molar-refractivity contribution in [3.05, 3.63) is 57.6 Å². The van der Waals surface area contributed by atoms with Gasteiger partial charge in [-0.25, -0.2) is 16.8 Å². The summed E-state index contributed by atoms with van der Waals surface area (Å²) in [5.74, 6) is 0. The second kappa shape index (κ2) is 13.1. The average Bonchev–Trinajstić information content (AvgIpc) is 2.92. The lowest BCUT2D eigenvalue weighted by atomic mass is 10.2. The van der Waals surface area contributed by atoms with Gasteiger partial charge in [0.1, 0.15) is 4.90 Å². The minimum atomic E-state index is -4.79. The molecule has 2 N–H and O–H groups in total. The highest BCUT2D eigenvalue weighted by atomic mass is 32.2. The Morgan fingerprint density at radius 3 is 1.41 bits per heavy atom. The van der Waals surface area contributed by atoms with Gasteiger partial charge in [-0.1, -0.05) is 0 Å². The molecule has 0 spiro atoms. The third-order valence-corrected chi connectivity index (χ3v) is 10.9. The second-order valence-corrected chi connectivity index (χ2v) is 13.9. The van der Waals surface area contributed by atoms with Crippen LogP contribution in [0.15, 0.2) is 46.2 Å². The van der Waals surface area contributed by atoms with Crippen LogP contribution in [0.4, 0.5) is 37.7 Å². The number of nitrogens with zero attached hydrogens (tertiary/aromatic N) is 5. The van der Waals surface area contributed by atoms with E-state index in [-0.39, 0.29) is 29.7 Å². The number of alkyl halides is 6. The van der Waals surface area contributed by atoms with Crippen molar-refractivity contribution in [2.45, 2.75) is 22.1 Å². The Kier molecular flexibility index (Phi) is 10.6. The number of likely N-dealkylation sites (N-methyl/N-ethyl adjacent to an activating group) is 2. The molecule has 2 fully saturated rings. The molecule has 246 valence electrons. The zero-order chi connectivity index (χ0) is 33.3. The number of nitrogen functional groups attached to an aromatic ring is 1. The van der Waals surface area contributed by atoms with Crippen LogP contribution in [0.5, 0.6) is 0 Å². The molecule has 2 aliphatic heterocycles. The Morgan fingerprint density at radius 1 is 0.682 bits per heavy atom. The lowest BCUT2D eigenvalue weighted by molar-refractivity contribution is -0.388. The largest absolute Gasteiger partial charge is 0.416 e. The molecule has 2 aromatic carbocycles. The summed E-state index contributed by atoms with van der Waals surface area (Å²) in [4.78, 5) is 12.8. The number of rotatable bonds is 5. The fourth-order valence-corrected chi connectivity index (χ4v) is 7.43. The number of benzene rings is 2. The first-order valence-corrected chi connectivity index (χ1v) is 15.7. The normalized spacial score (nSPS) is 18.5. The predicted molar refractivity (Wildman–Crippen MR) is 146 cm³/mol. The molecule has 4 rings (SSSR count). The van der Waals surface area contributed by atoms with E-state index in [2.05, 4.69) is 0 Å². The highest BCUT2D eigenvalue weighted by Crippen LogP contribution is 2.36. The first-order valence-electron chi connectivity index (χ1n) is 12.9. The van der Waals surface area contributed by atoms with Crippen LogP contribution in [0.25, 0.3) is 0 Å².